The Balaban J connectivity index is 1.50. The maximum Gasteiger partial charge on any atom is 0.274 e. The average Bonchev–Trinajstić information content (AvgIpc) is 3.24. The molecule has 1 unspecified atom stereocenters. The lowest BCUT2D eigenvalue weighted by molar-refractivity contribution is -0.135. The number of aromatic nitrogens is 2. The summed E-state index contributed by atoms with van der Waals surface area (Å²) in [6.07, 6.45) is 3.61. The Morgan fingerprint density at radius 3 is 2.93 bits per heavy atom. The minimum absolute atomic E-state index is 0.0845. The highest BCUT2D eigenvalue weighted by Crippen LogP contribution is 2.24. The van der Waals surface area contributed by atoms with Crippen LogP contribution in [0.25, 0.3) is 5.69 Å². The van der Waals surface area contributed by atoms with Crippen molar-refractivity contribution in [2.45, 2.75) is 25.8 Å². The lowest BCUT2D eigenvalue weighted by atomic mass is 10.0. The molecule has 0 aliphatic carbocycles. The molecule has 3 heterocycles. The molecule has 2 amide bonds. The van der Waals surface area contributed by atoms with Gasteiger partial charge in [-0.15, -0.1) is 0 Å². The zero-order valence-electron chi connectivity index (χ0n) is 16.9. The van der Waals surface area contributed by atoms with Crippen LogP contribution in [0.3, 0.4) is 0 Å². The van der Waals surface area contributed by atoms with Crippen LogP contribution in [0.1, 0.15) is 28.9 Å². The summed E-state index contributed by atoms with van der Waals surface area (Å²) in [5, 5.41) is 7.61. The number of rotatable bonds is 4. The zero-order chi connectivity index (χ0) is 20.4. The van der Waals surface area contributed by atoms with Gasteiger partial charge in [-0.05, 0) is 43.5 Å². The summed E-state index contributed by atoms with van der Waals surface area (Å²) >= 11 is 0. The van der Waals surface area contributed by atoms with E-state index in [1.165, 1.54) is 0 Å². The number of likely N-dealkylation sites (tertiary alicyclic amines) is 1. The van der Waals surface area contributed by atoms with Crippen LogP contribution in [0.4, 0.5) is 0 Å². The van der Waals surface area contributed by atoms with E-state index in [1.807, 2.05) is 34.9 Å². The highest BCUT2D eigenvalue weighted by molar-refractivity contribution is 5.92. The van der Waals surface area contributed by atoms with E-state index in [0.717, 1.165) is 30.6 Å². The topological polar surface area (TPSA) is 79.7 Å². The van der Waals surface area contributed by atoms with Gasteiger partial charge in [0.25, 0.3) is 5.91 Å². The molecule has 0 bridgehead atoms. The van der Waals surface area contributed by atoms with Gasteiger partial charge < -0.3 is 19.9 Å². The third kappa shape index (κ3) is 3.98. The molecule has 1 atom stereocenters. The average molecular weight is 397 g/mol. The highest BCUT2D eigenvalue weighted by atomic mass is 16.5. The molecular weight excluding hydrogens is 370 g/mol. The van der Waals surface area contributed by atoms with Crippen LogP contribution in [0.2, 0.25) is 0 Å². The number of piperidine rings is 1. The second-order valence-corrected chi connectivity index (χ2v) is 7.63. The summed E-state index contributed by atoms with van der Waals surface area (Å²) < 4.78 is 7.11. The maximum absolute atomic E-state index is 13.1. The fourth-order valence-electron chi connectivity index (χ4n) is 4.11. The third-order valence-electron chi connectivity index (χ3n) is 5.64. The van der Waals surface area contributed by atoms with Crippen LogP contribution in [0, 0.1) is 6.92 Å². The SMILES string of the molecule is COc1ccc(C)cc1-n1ccc(C(=O)N2CCCC(N3CCNCC3=O)C2)n1. The van der Waals surface area contributed by atoms with E-state index in [-0.39, 0.29) is 17.9 Å². The summed E-state index contributed by atoms with van der Waals surface area (Å²) in [5.41, 5.74) is 2.29. The lowest BCUT2D eigenvalue weighted by Gasteiger charge is -2.40. The number of nitrogens with zero attached hydrogens (tertiary/aromatic N) is 4. The van der Waals surface area contributed by atoms with Crippen molar-refractivity contribution in [1.29, 1.82) is 0 Å². The second kappa shape index (κ2) is 8.24. The van der Waals surface area contributed by atoms with E-state index >= 15 is 0 Å². The molecule has 8 heteroatoms. The summed E-state index contributed by atoms with van der Waals surface area (Å²) in [4.78, 5) is 29.0. The number of carbonyl (C=O) groups excluding carboxylic acids is 2. The van der Waals surface area contributed by atoms with Gasteiger partial charge in [0.2, 0.25) is 5.91 Å². The van der Waals surface area contributed by atoms with Crippen molar-refractivity contribution in [3.05, 3.63) is 41.7 Å². The van der Waals surface area contributed by atoms with Crippen LogP contribution >= 0.6 is 0 Å². The van der Waals surface area contributed by atoms with Gasteiger partial charge in [0, 0.05) is 38.4 Å². The first kappa shape index (κ1) is 19.4. The Morgan fingerprint density at radius 1 is 1.28 bits per heavy atom. The van der Waals surface area contributed by atoms with Crippen molar-refractivity contribution in [2.24, 2.45) is 0 Å². The first-order valence-electron chi connectivity index (χ1n) is 10.1. The standard InChI is InChI=1S/C21H27N5O3/c1-15-5-6-19(29-2)18(12-15)26-10-7-17(23-26)21(28)24-9-3-4-16(14-24)25-11-8-22-13-20(25)27/h5-7,10,12,16,22H,3-4,8-9,11,13-14H2,1-2H3. The Kier molecular flexibility index (Phi) is 5.53. The molecule has 4 rings (SSSR count). The normalized spacial score (nSPS) is 20.1. The number of hydrogen-bond donors (Lipinski definition) is 1. The van der Waals surface area contributed by atoms with E-state index in [1.54, 1.807) is 24.1 Å². The summed E-state index contributed by atoms with van der Waals surface area (Å²) in [6, 6.07) is 7.68. The van der Waals surface area contributed by atoms with Crippen molar-refractivity contribution in [3.63, 3.8) is 0 Å². The number of benzene rings is 1. The van der Waals surface area contributed by atoms with Gasteiger partial charge in [-0.1, -0.05) is 6.07 Å². The molecule has 2 aromatic rings. The third-order valence-corrected chi connectivity index (χ3v) is 5.64. The molecule has 0 spiro atoms. The van der Waals surface area contributed by atoms with Gasteiger partial charge in [0.15, 0.2) is 5.69 Å². The number of aryl methyl sites for hydroxylation is 1. The van der Waals surface area contributed by atoms with E-state index in [2.05, 4.69) is 10.4 Å². The van der Waals surface area contributed by atoms with Crippen molar-refractivity contribution in [1.82, 2.24) is 24.9 Å². The number of piperazine rings is 1. The smallest absolute Gasteiger partial charge is 0.274 e. The van der Waals surface area contributed by atoms with Crippen LogP contribution in [-0.2, 0) is 4.79 Å². The van der Waals surface area contributed by atoms with Gasteiger partial charge in [-0.25, -0.2) is 4.68 Å². The van der Waals surface area contributed by atoms with Crippen molar-refractivity contribution >= 4 is 11.8 Å². The number of carbonyl (C=O) groups is 2. The molecule has 0 radical (unpaired) electrons. The van der Waals surface area contributed by atoms with Gasteiger partial charge in [-0.3, -0.25) is 9.59 Å². The monoisotopic (exact) mass is 397 g/mol. The van der Waals surface area contributed by atoms with Crippen LogP contribution < -0.4 is 10.1 Å². The molecule has 2 aliphatic rings. The van der Waals surface area contributed by atoms with E-state index in [9.17, 15) is 9.59 Å². The van der Waals surface area contributed by atoms with E-state index in [0.29, 0.717) is 37.6 Å². The number of hydrogen-bond acceptors (Lipinski definition) is 5. The molecule has 8 nitrogen and oxygen atoms in total. The first-order valence-corrected chi connectivity index (χ1v) is 10.1. The Labute approximate surface area is 170 Å². The Morgan fingerprint density at radius 2 is 2.14 bits per heavy atom. The molecule has 154 valence electrons. The number of nitrogens with one attached hydrogen (secondary N) is 1. The minimum Gasteiger partial charge on any atom is -0.494 e. The van der Waals surface area contributed by atoms with Crippen LogP contribution in [0.15, 0.2) is 30.5 Å². The van der Waals surface area contributed by atoms with Crippen LogP contribution in [0.5, 0.6) is 5.75 Å². The van der Waals surface area contributed by atoms with Gasteiger partial charge in [0.1, 0.15) is 11.4 Å². The summed E-state index contributed by atoms with van der Waals surface area (Å²) in [6.45, 7) is 5.14. The fourth-order valence-corrected chi connectivity index (χ4v) is 4.11. The molecule has 29 heavy (non-hydrogen) atoms. The highest BCUT2D eigenvalue weighted by Gasteiger charge is 2.32. The lowest BCUT2D eigenvalue weighted by Crippen LogP contribution is -2.57. The molecule has 0 saturated carbocycles. The molecule has 2 aliphatic heterocycles. The number of methoxy groups -OCH3 is 1. The Bertz CT molecular complexity index is 909. The summed E-state index contributed by atoms with van der Waals surface area (Å²) in [7, 11) is 1.62. The van der Waals surface area contributed by atoms with E-state index < -0.39 is 0 Å². The number of ether oxygens (including phenoxy) is 1. The maximum atomic E-state index is 13.1. The Hall–Kier alpha value is -2.87. The van der Waals surface area contributed by atoms with E-state index in [4.69, 9.17) is 4.74 Å². The first-order chi connectivity index (χ1) is 14.1. The predicted molar refractivity (Wildman–Crippen MR) is 108 cm³/mol. The summed E-state index contributed by atoms with van der Waals surface area (Å²) in [5.74, 6) is 0.724. The predicted octanol–water partition coefficient (Wildman–Crippen LogP) is 1.23. The van der Waals surface area contributed by atoms with Crippen molar-refractivity contribution < 1.29 is 14.3 Å². The number of amides is 2. The van der Waals surface area contributed by atoms with Gasteiger partial charge in [-0.2, -0.15) is 5.10 Å². The molecule has 2 saturated heterocycles. The zero-order valence-corrected chi connectivity index (χ0v) is 16.9. The minimum atomic E-state index is -0.0948. The van der Waals surface area contributed by atoms with Gasteiger partial charge >= 0.3 is 0 Å². The van der Waals surface area contributed by atoms with Crippen molar-refractivity contribution in [3.8, 4) is 11.4 Å². The largest absolute Gasteiger partial charge is 0.494 e. The molecule has 1 N–H and O–H groups in total. The molecule has 2 fully saturated rings. The quantitative estimate of drug-likeness (QED) is 0.839. The van der Waals surface area contributed by atoms with Crippen LogP contribution in [-0.4, -0.2) is 77.3 Å². The second-order valence-electron chi connectivity index (χ2n) is 7.63. The van der Waals surface area contributed by atoms with Gasteiger partial charge in [0.05, 0.1) is 13.7 Å². The molecule has 1 aromatic heterocycles. The fraction of sp³-hybridized carbons (Fsp3) is 0.476. The molecule has 1 aromatic carbocycles. The van der Waals surface area contributed by atoms with Crippen molar-refractivity contribution in [2.75, 3.05) is 39.8 Å². The molecular formula is C21H27N5O3.